The van der Waals surface area contributed by atoms with Crippen molar-refractivity contribution in [2.75, 3.05) is 6.61 Å². The van der Waals surface area contributed by atoms with Crippen LogP contribution < -0.4 is 0 Å². The first-order valence-corrected chi connectivity index (χ1v) is 7.93. The largest absolute Gasteiger partial charge is 0.463 e. The Kier molecular flexibility index (Phi) is 14.6. The standard InChI is InChI=1S/C20H26O3/c1-3-16-20(23-19(2)22)17-14-12-10-8-6-4-5-7-9-11-13-15-18-21/h6,8,10,12-13,15,20-21H,3,11,14,16-18H2,1-2H3. The molecule has 0 aromatic rings. The summed E-state index contributed by atoms with van der Waals surface area (Å²) >= 11 is 0. The number of rotatable bonds is 9. The van der Waals surface area contributed by atoms with Crippen molar-refractivity contribution in [2.45, 2.75) is 52.1 Å². The van der Waals surface area contributed by atoms with Gasteiger partial charge in [0.25, 0.3) is 0 Å². The van der Waals surface area contributed by atoms with E-state index in [0.29, 0.717) is 6.42 Å². The van der Waals surface area contributed by atoms with Crippen LogP contribution in [-0.2, 0) is 9.53 Å². The Morgan fingerprint density at radius 1 is 1.17 bits per heavy atom. The Balaban J connectivity index is 3.96. The molecule has 0 spiro atoms. The number of aliphatic hydroxyl groups excluding tert-OH is 1. The van der Waals surface area contributed by atoms with Crippen molar-refractivity contribution in [3.8, 4) is 23.7 Å². The molecule has 0 heterocycles. The highest BCUT2D eigenvalue weighted by atomic mass is 16.5. The normalized spacial score (nSPS) is 12.0. The maximum absolute atomic E-state index is 11.0. The van der Waals surface area contributed by atoms with Crippen molar-refractivity contribution in [1.82, 2.24) is 0 Å². The van der Waals surface area contributed by atoms with Crippen molar-refractivity contribution in [2.24, 2.45) is 0 Å². The number of hydrogen-bond donors (Lipinski definition) is 1. The number of aliphatic hydroxyl groups is 1. The molecule has 1 unspecified atom stereocenters. The minimum atomic E-state index is -0.212. The first-order chi connectivity index (χ1) is 11.2. The van der Waals surface area contributed by atoms with Gasteiger partial charge in [0, 0.05) is 13.3 Å². The number of esters is 1. The number of ether oxygens (including phenoxy) is 1. The van der Waals surface area contributed by atoms with Crippen LogP contribution in [0, 0.1) is 23.7 Å². The van der Waals surface area contributed by atoms with E-state index >= 15 is 0 Å². The number of allylic oxidation sites excluding steroid dienone is 5. The van der Waals surface area contributed by atoms with Gasteiger partial charge in [0.1, 0.15) is 6.10 Å². The fourth-order valence-electron chi connectivity index (χ4n) is 1.77. The van der Waals surface area contributed by atoms with Crippen LogP contribution in [0.3, 0.4) is 0 Å². The third-order valence-corrected chi connectivity index (χ3v) is 2.74. The quantitative estimate of drug-likeness (QED) is 0.306. The van der Waals surface area contributed by atoms with Gasteiger partial charge in [-0.2, -0.15) is 0 Å². The zero-order valence-electron chi connectivity index (χ0n) is 14.0. The molecule has 23 heavy (non-hydrogen) atoms. The van der Waals surface area contributed by atoms with E-state index in [2.05, 4.69) is 30.6 Å². The van der Waals surface area contributed by atoms with E-state index in [4.69, 9.17) is 9.84 Å². The van der Waals surface area contributed by atoms with E-state index in [1.807, 2.05) is 18.2 Å². The molecule has 0 saturated carbocycles. The summed E-state index contributed by atoms with van der Waals surface area (Å²) < 4.78 is 5.25. The lowest BCUT2D eigenvalue weighted by atomic mass is 10.1. The number of carbonyl (C=O) groups is 1. The molecule has 0 radical (unpaired) electrons. The SMILES string of the molecule is CCCC(CCC=CC=CC#CC#CCC=CCO)OC(C)=O. The molecule has 0 aliphatic rings. The predicted octanol–water partition coefficient (Wildman–Crippen LogP) is 3.56. The summed E-state index contributed by atoms with van der Waals surface area (Å²) in [4.78, 5) is 11.0. The second-order valence-electron chi connectivity index (χ2n) is 4.81. The molecule has 1 atom stereocenters. The van der Waals surface area contributed by atoms with Crippen LogP contribution in [0.5, 0.6) is 0 Å². The minimum absolute atomic E-state index is 0.0149. The van der Waals surface area contributed by atoms with E-state index < -0.39 is 0 Å². The lowest BCUT2D eigenvalue weighted by Gasteiger charge is -2.14. The first-order valence-electron chi connectivity index (χ1n) is 7.93. The van der Waals surface area contributed by atoms with E-state index in [1.165, 1.54) is 6.92 Å². The van der Waals surface area contributed by atoms with Gasteiger partial charge in [-0.25, -0.2) is 0 Å². The van der Waals surface area contributed by atoms with Gasteiger partial charge in [0.15, 0.2) is 0 Å². The molecule has 0 rings (SSSR count). The molecule has 1 N–H and O–H groups in total. The maximum Gasteiger partial charge on any atom is 0.302 e. The van der Waals surface area contributed by atoms with Gasteiger partial charge in [-0.1, -0.05) is 55.6 Å². The van der Waals surface area contributed by atoms with Gasteiger partial charge in [0.2, 0.25) is 0 Å². The lowest BCUT2D eigenvalue weighted by molar-refractivity contribution is -0.146. The molecule has 3 nitrogen and oxygen atoms in total. The zero-order chi connectivity index (χ0) is 17.2. The Morgan fingerprint density at radius 3 is 2.70 bits per heavy atom. The molecular formula is C20H26O3. The topological polar surface area (TPSA) is 46.5 Å². The molecule has 3 heteroatoms. The average Bonchev–Trinajstić information content (AvgIpc) is 2.51. The Morgan fingerprint density at radius 2 is 2.00 bits per heavy atom. The summed E-state index contributed by atoms with van der Waals surface area (Å²) in [5.41, 5.74) is 0. The minimum Gasteiger partial charge on any atom is -0.463 e. The van der Waals surface area contributed by atoms with Crippen LogP contribution in [-0.4, -0.2) is 23.8 Å². The van der Waals surface area contributed by atoms with Gasteiger partial charge in [-0.05, 0) is 37.2 Å². The Labute approximate surface area is 140 Å². The van der Waals surface area contributed by atoms with Crippen LogP contribution in [0.15, 0.2) is 36.5 Å². The average molecular weight is 314 g/mol. The molecule has 0 amide bonds. The fourth-order valence-corrected chi connectivity index (χ4v) is 1.77. The molecule has 0 aromatic carbocycles. The van der Waals surface area contributed by atoms with E-state index in [-0.39, 0.29) is 18.7 Å². The van der Waals surface area contributed by atoms with E-state index in [0.717, 1.165) is 25.7 Å². The first kappa shape index (κ1) is 20.8. The van der Waals surface area contributed by atoms with Gasteiger partial charge in [-0.3, -0.25) is 4.79 Å². The Bertz CT molecular complexity index is 519. The molecular weight excluding hydrogens is 288 g/mol. The third-order valence-electron chi connectivity index (χ3n) is 2.74. The molecule has 0 fully saturated rings. The van der Waals surface area contributed by atoms with Crippen molar-refractivity contribution in [3.05, 3.63) is 36.5 Å². The third kappa shape index (κ3) is 16.0. The highest BCUT2D eigenvalue weighted by Crippen LogP contribution is 2.10. The molecule has 0 aliphatic heterocycles. The molecule has 124 valence electrons. The summed E-state index contributed by atoms with van der Waals surface area (Å²) in [6.07, 6.45) is 15.3. The van der Waals surface area contributed by atoms with Crippen LogP contribution in [0.4, 0.5) is 0 Å². The van der Waals surface area contributed by atoms with Crippen molar-refractivity contribution < 1.29 is 14.6 Å². The van der Waals surface area contributed by atoms with E-state index in [9.17, 15) is 4.79 Å². The highest BCUT2D eigenvalue weighted by molar-refractivity contribution is 5.66. The van der Waals surface area contributed by atoms with Crippen LogP contribution in [0.1, 0.15) is 46.0 Å². The second kappa shape index (κ2) is 16.1. The summed E-state index contributed by atoms with van der Waals surface area (Å²) in [6, 6.07) is 0. The fraction of sp³-hybridized carbons (Fsp3) is 0.450. The van der Waals surface area contributed by atoms with Crippen LogP contribution in [0.25, 0.3) is 0 Å². The molecule has 0 aromatic heterocycles. The smallest absolute Gasteiger partial charge is 0.302 e. The molecule has 0 aliphatic carbocycles. The lowest BCUT2D eigenvalue weighted by Crippen LogP contribution is -2.15. The Hall–Kier alpha value is -2.23. The van der Waals surface area contributed by atoms with Crippen molar-refractivity contribution in [1.29, 1.82) is 0 Å². The van der Waals surface area contributed by atoms with Crippen LogP contribution >= 0.6 is 0 Å². The van der Waals surface area contributed by atoms with Gasteiger partial charge in [0.05, 0.1) is 6.61 Å². The summed E-state index contributed by atoms with van der Waals surface area (Å²) in [5.74, 6) is 10.9. The zero-order valence-corrected chi connectivity index (χ0v) is 14.0. The molecule has 0 saturated heterocycles. The van der Waals surface area contributed by atoms with Crippen molar-refractivity contribution >= 4 is 5.97 Å². The summed E-state index contributed by atoms with van der Waals surface area (Å²) in [7, 11) is 0. The highest BCUT2D eigenvalue weighted by Gasteiger charge is 2.09. The van der Waals surface area contributed by atoms with E-state index in [1.54, 1.807) is 18.2 Å². The number of carbonyl (C=O) groups excluding carboxylic acids is 1. The van der Waals surface area contributed by atoms with Crippen LogP contribution in [0.2, 0.25) is 0 Å². The van der Waals surface area contributed by atoms with Gasteiger partial charge >= 0.3 is 5.97 Å². The van der Waals surface area contributed by atoms with Gasteiger partial charge < -0.3 is 9.84 Å². The molecule has 0 bridgehead atoms. The second-order valence-corrected chi connectivity index (χ2v) is 4.81. The van der Waals surface area contributed by atoms with Crippen molar-refractivity contribution in [3.63, 3.8) is 0 Å². The maximum atomic E-state index is 11.0. The summed E-state index contributed by atoms with van der Waals surface area (Å²) in [6.45, 7) is 3.58. The number of hydrogen-bond acceptors (Lipinski definition) is 3. The monoisotopic (exact) mass is 314 g/mol. The summed E-state index contributed by atoms with van der Waals surface area (Å²) in [5, 5.41) is 8.52. The predicted molar refractivity (Wildman–Crippen MR) is 94.4 cm³/mol. The van der Waals surface area contributed by atoms with Gasteiger partial charge in [-0.15, -0.1) is 0 Å².